The lowest BCUT2D eigenvalue weighted by Crippen LogP contribution is -2.31. The monoisotopic (exact) mass is 489 g/mol. The summed E-state index contributed by atoms with van der Waals surface area (Å²) in [6.45, 7) is 8.40. The van der Waals surface area contributed by atoms with Crippen LogP contribution in [0.15, 0.2) is 53.3 Å². The zero-order chi connectivity index (χ0) is 24.0. The highest BCUT2D eigenvalue weighted by Crippen LogP contribution is 2.37. The number of imidazole rings is 1. The molecule has 1 unspecified atom stereocenters. The summed E-state index contributed by atoms with van der Waals surface area (Å²) >= 11 is 1.20. The number of nitrogens with zero attached hydrogens (tertiary/aromatic N) is 2. The van der Waals surface area contributed by atoms with Crippen LogP contribution in [-0.4, -0.2) is 30.7 Å². The molecular formula is C24H31N3O4S2. The first kappa shape index (κ1) is 25.0. The Morgan fingerprint density at radius 2 is 1.94 bits per heavy atom. The van der Waals surface area contributed by atoms with Gasteiger partial charge in [0.1, 0.15) is 4.21 Å². The van der Waals surface area contributed by atoms with E-state index in [1.165, 1.54) is 11.3 Å². The van der Waals surface area contributed by atoms with Crippen molar-refractivity contribution in [2.24, 2.45) is 5.92 Å². The maximum atomic E-state index is 13.1. The fourth-order valence-electron chi connectivity index (χ4n) is 3.43. The second kappa shape index (κ2) is 11.0. The number of carbonyl (C=O) groups is 1. The van der Waals surface area contributed by atoms with E-state index in [2.05, 4.69) is 30.5 Å². The fraction of sp³-hybridized carbons (Fsp3) is 0.417. The molecule has 3 aromatic rings. The molecule has 178 valence electrons. The molecule has 0 fully saturated rings. The van der Waals surface area contributed by atoms with E-state index in [-0.39, 0.29) is 16.9 Å². The van der Waals surface area contributed by atoms with Crippen molar-refractivity contribution in [2.75, 3.05) is 6.61 Å². The minimum absolute atomic E-state index is 0.100. The molecule has 33 heavy (non-hydrogen) atoms. The minimum Gasteiger partial charge on any atom is -0.449 e. The lowest BCUT2D eigenvalue weighted by molar-refractivity contribution is 0.151. The number of unbranched alkanes of at least 4 members (excludes halogenated alkanes) is 1. The summed E-state index contributed by atoms with van der Waals surface area (Å²) in [4.78, 5) is 17.1. The van der Waals surface area contributed by atoms with E-state index < -0.39 is 16.1 Å². The highest BCUT2D eigenvalue weighted by Gasteiger charge is 2.26. The zero-order valence-electron chi connectivity index (χ0n) is 19.4. The summed E-state index contributed by atoms with van der Waals surface area (Å²) in [5.41, 5.74) is 2.45. The lowest BCUT2D eigenvalue weighted by Gasteiger charge is -2.14. The second-order valence-corrected chi connectivity index (χ2v) is 11.4. The van der Waals surface area contributed by atoms with Crippen molar-refractivity contribution in [3.63, 3.8) is 0 Å². The molecule has 1 N–H and O–H groups in total. The number of aromatic nitrogens is 2. The van der Waals surface area contributed by atoms with Gasteiger partial charge in [-0.3, -0.25) is 0 Å². The van der Waals surface area contributed by atoms with E-state index in [4.69, 9.17) is 4.74 Å². The molecule has 7 nitrogen and oxygen atoms in total. The molecule has 9 heteroatoms. The van der Waals surface area contributed by atoms with Gasteiger partial charge in [0.15, 0.2) is 0 Å². The Kier molecular flexibility index (Phi) is 8.31. The van der Waals surface area contributed by atoms with Gasteiger partial charge >= 0.3 is 6.09 Å². The molecule has 2 heterocycles. The number of sulfonamides is 1. The Hall–Kier alpha value is -2.65. The van der Waals surface area contributed by atoms with Crippen LogP contribution in [0.25, 0.3) is 11.1 Å². The van der Waals surface area contributed by atoms with Crippen molar-refractivity contribution in [3.8, 4) is 11.1 Å². The first-order valence-corrected chi connectivity index (χ1v) is 13.4. The van der Waals surface area contributed by atoms with Gasteiger partial charge in [-0.25, -0.2) is 22.9 Å². The fourth-order valence-corrected chi connectivity index (χ4v) is 6.27. The van der Waals surface area contributed by atoms with Gasteiger partial charge in [0.2, 0.25) is 0 Å². The van der Waals surface area contributed by atoms with Crippen LogP contribution in [0.3, 0.4) is 0 Å². The van der Waals surface area contributed by atoms with Crippen molar-refractivity contribution in [1.29, 1.82) is 0 Å². The number of carbonyl (C=O) groups excluding carboxylic acids is 1. The van der Waals surface area contributed by atoms with Gasteiger partial charge in [-0.1, -0.05) is 51.5 Å². The maximum Gasteiger partial charge on any atom is 0.421 e. The van der Waals surface area contributed by atoms with E-state index >= 15 is 0 Å². The van der Waals surface area contributed by atoms with Crippen molar-refractivity contribution >= 4 is 27.5 Å². The van der Waals surface area contributed by atoms with Gasteiger partial charge < -0.3 is 9.30 Å². The van der Waals surface area contributed by atoms with E-state index in [9.17, 15) is 13.2 Å². The van der Waals surface area contributed by atoms with E-state index in [1.54, 1.807) is 12.5 Å². The van der Waals surface area contributed by atoms with E-state index in [0.717, 1.165) is 28.8 Å². The summed E-state index contributed by atoms with van der Waals surface area (Å²) < 4.78 is 35.4. The molecule has 2 aromatic heterocycles. The SMILES string of the molecule is CCCCOC(=O)NS(=O)(=O)c1sc(CC(C)C)cc1-c1ccc(C(C)n2ccnc2)cc1. The van der Waals surface area contributed by atoms with Crippen molar-refractivity contribution in [2.45, 2.75) is 57.2 Å². The molecule has 0 aliphatic carbocycles. The van der Waals surface area contributed by atoms with Crippen molar-refractivity contribution in [3.05, 3.63) is 59.5 Å². The zero-order valence-corrected chi connectivity index (χ0v) is 21.1. The predicted octanol–water partition coefficient (Wildman–Crippen LogP) is 5.63. The van der Waals surface area contributed by atoms with Gasteiger partial charge in [0.05, 0.1) is 19.0 Å². The first-order chi connectivity index (χ1) is 15.7. The molecule has 1 atom stereocenters. The van der Waals surface area contributed by atoms with Crippen LogP contribution >= 0.6 is 11.3 Å². The van der Waals surface area contributed by atoms with Gasteiger partial charge in [0, 0.05) is 22.8 Å². The number of hydrogen-bond donors (Lipinski definition) is 1. The van der Waals surface area contributed by atoms with Gasteiger partial charge in [-0.2, -0.15) is 0 Å². The van der Waals surface area contributed by atoms with Crippen LogP contribution in [0.5, 0.6) is 0 Å². The predicted molar refractivity (Wildman–Crippen MR) is 131 cm³/mol. The molecule has 0 radical (unpaired) electrons. The highest BCUT2D eigenvalue weighted by atomic mass is 32.2. The number of amides is 1. The quantitative estimate of drug-likeness (QED) is 0.373. The Balaban J connectivity index is 1.91. The normalized spacial score (nSPS) is 12.6. The van der Waals surface area contributed by atoms with Gasteiger partial charge in [-0.15, -0.1) is 11.3 Å². The van der Waals surface area contributed by atoms with Crippen LogP contribution in [-0.2, 0) is 21.2 Å². The minimum atomic E-state index is -4.07. The average Bonchev–Trinajstić information content (AvgIpc) is 3.43. The molecule has 0 aliphatic heterocycles. The third-order valence-corrected chi connectivity index (χ3v) is 8.23. The first-order valence-electron chi connectivity index (χ1n) is 11.1. The average molecular weight is 490 g/mol. The Labute approximate surface area is 199 Å². The molecular weight excluding hydrogens is 458 g/mol. The maximum absolute atomic E-state index is 13.1. The van der Waals surface area contributed by atoms with Crippen molar-refractivity contribution in [1.82, 2.24) is 14.3 Å². The summed E-state index contributed by atoms with van der Waals surface area (Å²) in [7, 11) is -4.07. The Bertz CT molecular complexity index is 1150. The van der Waals surface area contributed by atoms with Gasteiger partial charge in [-0.05, 0) is 42.9 Å². The molecule has 1 aromatic carbocycles. The molecule has 1 amide bonds. The van der Waals surface area contributed by atoms with Crippen LogP contribution in [0, 0.1) is 5.92 Å². The molecule has 0 saturated heterocycles. The number of nitrogens with one attached hydrogen (secondary N) is 1. The third kappa shape index (κ3) is 6.45. The number of rotatable bonds is 10. The standard InChI is InChI=1S/C24H31N3O4S2/c1-5-6-13-31-24(28)26-33(29,30)23-22(15-21(32-23)14-17(2)3)20-9-7-19(8-10-20)18(4)27-12-11-25-16-27/h7-12,15-18H,5-6,13-14H2,1-4H3,(H,26,28). The number of thiophene rings is 1. The summed E-state index contributed by atoms with van der Waals surface area (Å²) in [6, 6.07) is 9.83. The van der Waals surface area contributed by atoms with Crippen LogP contribution in [0.4, 0.5) is 4.79 Å². The number of ether oxygens (including phenoxy) is 1. The third-order valence-electron chi connectivity index (χ3n) is 5.23. The molecule has 0 saturated carbocycles. The van der Waals surface area contributed by atoms with E-state index in [1.807, 2.05) is 48.0 Å². The summed E-state index contributed by atoms with van der Waals surface area (Å²) in [5.74, 6) is 0.373. The molecule has 0 spiro atoms. The largest absolute Gasteiger partial charge is 0.449 e. The van der Waals surface area contributed by atoms with Gasteiger partial charge in [0.25, 0.3) is 10.0 Å². The van der Waals surface area contributed by atoms with Crippen LogP contribution < -0.4 is 4.72 Å². The van der Waals surface area contributed by atoms with E-state index in [0.29, 0.717) is 17.9 Å². The second-order valence-electron chi connectivity index (χ2n) is 8.41. The Morgan fingerprint density at radius 1 is 1.21 bits per heavy atom. The summed E-state index contributed by atoms with van der Waals surface area (Å²) in [6.07, 6.45) is 6.76. The summed E-state index contributed by atoms with van der Waals surface area (Å²) in [5, 5.41) is 0. The number of benzene rings is 1. The lowest BCUT2D eigenvalue weighted by atomic mass is 10.0. The van der Waals surface area contributed by atoms with Crippen molar-refractivity contribution < 1.29 is 17.9 Å². The Morgan fingerprint density at radius 3 is 2.55 bits per heavy atom. The highest BCUT2D eigenvalue weighted by molar-refractivity contribution is 7.92. The topological polar surface area (TPSA) is 90.3 Å². The van der Waals surface area contributed by atoms with Crippen LogP contribution in [0.2, 0.25) is 0 Å². The van der Waals surface area contributed by atoms with Crippen LogP contribution in [0.1, 0.15) is 57.0 Å². The molecule has 3 rings (SSSR count). The number of hydrogen-bond acceptors (Lipinski definition) is 6. The molecule has 0 bridgehead atoms. The smallest absolute Gasteiger partial charge is 0.421 e. The molecule has 0 aliphatic rings.